The minimum atomic E-state index is -0.300. The molecule has 3 aromatic rings. The van der Waals surface area contributed by atoms with Gasteiger partial charge in [0.1, 0.15) is 5.37 Å². The Morgan fingerprint density at radius 2 is 1.88 bits per heavy atom. The molecule has 32 heavy (non-hydrogen) atoms. The van der Waals surface area contributed by atoms with E-state index in [0.29, 0.717) is 22.9 Å². The van der Waals surface area contributed by atoms with Gasteiger partial charge < -0.3 is 4.90 Å². The second kappa shape index (κ2) is 10.5. The van der Waals surface area contributed by atoms with Crippen LogP contribution in [0.2, 0.25) is 5.02 Å². The molecule has 0 saturated carbocycles. The molecule has 0 aliphatic carbocycles. The van der Waals surface area contributed by atoms with Crippen molar-refractivity contribution < 1.29 is 9.59 Å². The van der Waals surface area contributed by atoms with E-state index in [-0.39, 0.29) is 17.2 Å². The Balaban J connectivity index is 1.37. The number of rotatable bonds is 7. The molecule has 7 heteroatoms. The highest BCUT2D eigenvalue weighted by Crippen LogP contribution is 2.38. The number of halogens is 1. The number of amides is 2. The number of nitrogens with zero attached hydrogens (tertiary/aromatic N) is 2. The monoisotopic (exact) mass is 463 g/mol. The highest BCUT2D eigenvalue weighted by molar-refractivity contribution is 8.00. The average Bonchev–Trinajstić information content (AvgIpc) is 3.18. The first-order valence-electron chi connectivity index (χ1n) is 10.2. The zero-order valence-electron chi connectivity index (χ0n) is 17.3. The van der Waals surface area contributed by atoms with Crippen LogP contribution in [0.1, 0.15) is 32.4 Å². The van der Waals surface area contributed by atoms with Gasteiger partial charge in [-0.15, -0.1) is 11.8 Å². The van der Waals surface area contributed by atoms with Crippen molar-refractivity contribution in [3.63, 3.8) is 0 Å². The van der Waals surface area contributed by atoms with E-state index in [1.54, 1.807) is 42.2 Å². The van der Waals surface area contributed by atoms with Crippen LogP contribution in [-0.2, 0) is 11.2 Å². The van der Waals surface area contributed by atoms with E-state index in [1.807, 2.05) is 47.4 Å². The quantitative estimate of drug-likeness (QED) is 0.399. The molecule has 0 unspecified atom stereocenters. The first-order valence-corrected chi connectivity index (χ1v) is 11.7. The minimum absolute atomic E-state index is 0.0378. The van der Waals surface area contributed by atoms with Gasteiger partial charge in [-0.2, -0.15) is 5.10 Å². The third kappa shape index (κ3) is 5.58. The molecule has 1 saturated heterocycles. The van der Waals surface area contributed by atoms with Gasteiger partial charge in [-0.1, -0.05) is 66.2 Å². The molecule has 1 aliphatic heterocycles. The van der Waals surface area contributed by atoms with Gasteiger partial charge in [-0.05, 0) is 47.4 Å². The van der Waals surface area contributed by atoms with E-state index in [2.05, 4.69) is 22.7 Å². The van der Waals surface area contributed by atoms with E-state index in [0.717, 1.165) is 17.5 Å². The largest absolute Gasteiger partial charge is 0.326 e. The van der Waals surface area contributed by atoms with Crippen LogP contribution < -0.4 is 5.43 Å². The van der Waals surface area contributed by atoms with Crippen molar-refractivity contribution in [2.45, 2.75) is 11.8 Å². The summed E-state index contributed by atoms with van der Waals surface area (Å²) in [4.78, 5) is 26.7. The molecule has 0 aromatic heterocycles. The third-order valence-electron chi connectivity index (χ3n) is 5.14. The van der Waals surface area contributed by atoms with Gasteiger partial charge in [0.2, 0.25) is 5.91 Å². The summed E-state index contributed by atoms with van der Waals surface area (Å²) in [7, 11) is 0. The summed E-state index contributed by atoms with van der Waals surface area (Å²) >= 11 is 7.56. The van der Waals surface area contributed by atoms with Crippen molar-refractivity contribution in [2.75, 3.05) is 12.3 Å². The molecule has 0 bridgehead atoms. The van der Waals surface area contributed by atoms with Crippen molar-refractivity contribution in [1.29, 1.82) is 0 Å². The van der Waals surface area contributed by atoms with Gasteiger partial charge in [-0.3, -0.25) is 9.59 Å². The van der Waals surface area contributed by atoms with Crippen LogP contribution in [0.15, 0.2) is 84.0 Å². The number of hydrogen-bond acceptors (Lipinski definition) is 4. The number of benzene rings is 3. The van der Waals surface area contributed by atoms with Crippen LogP contribution in [-0.4, -0.2) is 35.2 Å². The first kappa shape index (κ1) is 22.1. The fourth-order valence-corrected chi connectivity index (χ4v) is 4.90. The molecular weight excluding hydrogens is 442 g/mol. The Hall–Kier alpha value is -3.09. The molecule has 1 fully saturated rings. The molecule has 1 heterocycles. The van der Waals surface area contributed by atoms with Crippen LogP contribution in [0.25, 0.3) is 0 Å². The van der Waals surface area contributed by atoms with Crippen molar-refractivity contribution in [2.24, 2.45) is 5.10 Å². The molecule has 1 N–H and O–H groups in total. The van der Waals surface area contributed by atoms with Crippen molar-refractivity contribution in [1.82, 2.24) is 10.3 Å². The van der Waals surface area contributed by atoms with Gasteiger partial charge in [-0.25, -0.2) is 5.43 Å². The predicted molar refractivity (Wildman–Crippen MR) is 130 cm³/mol. The molecule has 5 nitrogen and oxygen atoms in total. The van der Waals surface area contributed by atoms with Crippen LogP contribution in [0, 0.1) is 0 Å². The Morgan fingerprint density at radius 3 is 2.62 bits per heavy atom. The summed E-state index contributed by atoms with van der Waals surface area (Å²) in [5.41, 5.74) is 6.04. The van der Waals surface area contributed by atoms with Crippen LogP contribution in [0.5, 0.6) is 0 Å². The smallest absolute Gasteiger partial charge is 0.271 e. The predicted octanol–water partition coefficient (Wildman–Crippen LogP) is 4.92. The summed E-state index contributed by atoms with van der Waals surface area (Å²) in [5, 5.41) is 4.56. The zero-order chi connectivity index (χ0) is 22.3. The lowest BCUT2D eigenvalue weighted by atomic mass is 10.1. The van der Waals surface area contributed by atoms with E-state index in [9.17, 15) is 9.59 Å². The standard InChI is InChI=1S/C25H22ClN3O2S/c26-22-8-4-7-19(15-22)16-27-28-24(31)20-9-11-21(12-10-20)25-29(23(30)17-32-25)14-13-18-5-2-1-3-6-18/h1-12,15-16,25H,13-14,17H2,(H,28,31)/b27-16-/t25-/m1/s1. The summed E-state index contributed by atoms with van der Waals surface area (Å²) in [6.07, 6.45) is 2.36. The van der Waals surface area contributed by atoms with Crippen molar-refractivity contribution in [3.8, 4) is 0 Å². The van der Waals surface area contributed by atoms with Crippen LogP contribution in [0.3, 0.4) is 0 Å². The number of hydrogen-bond donors (Lipinski definition) is 1. The fraction of sp³-hybridized carbons (Fsp3) is 0.160. The number of thioether (sulfide) groups is 1. The van der Waals surface area contributed by atoms with Gasteiger partial charge in [0.05, 0.1) is 12.0 Å². The number of nitrogens with one attached hydrogen (secondary N) is 1. The minimum Gasteiger partial charge on any atom is -0.326 e. The Kier molecular flexibility index (Phi) is 7.24. The lowest BCUT2D eigenvalue weighted by molar-refractivity contribution is -0.128. The highest BCUT2D eigenvalue weighted by Gasteiger charge is 2.32. The molecule has 1 aliphatic rings. The maximum absolute atomic E-state index is 12.4. The topological polar surface area (TPSA) is 61.8 Å². The molecule has 1 atom stereocenters. The van der Waals surface area contributed by atoms with Gasteiger partial charge in [0, 0.05) is 17.1 Å². The number of carbonyl (C=O) groups is 2. The average molecular weight is 464 g/mol. The fourth-order valence-electron chi connectivity index (χ4n) is 3.48. The van der Waals surface area contributed by atoms with Crippen LogP contribution in [0.4, 0.5) is 0 Å². The molecular formula is C25H22ClN3O2S. The SMILES string of the molecule is O=C(N/N=C\c1cccc(Cl)c1)c1ccc([C@H]2SCC(=O)N2CCc2ccccc2)cc1. The summed E-state index contributed by atoms with van der Waals surface area (Å²) in [6, 6.07) is 24.7. The first-order chi connectivity index (χ1) is 15.6. The normalized spacial score (nSPS) is 16.0. The lowest BCUT2D eigenvalue weighted by Gasteiger charge is -2.24. The highest BCUT2D eigenvalue weighted by atomic mass is 35.5. The van der Waals surface area contributed by atoms with Crippen molar-refractivity contribution in [3.05, 3.63) is 106 Å². The lowest BCUT2D eigenvalue weighted by Crippen LogP contribution is -2.30. The van der Waals surface area contributed by atoms with Crippen molar-refractivity contribution >= 4 is 41.4 Å². The number of carbonyl (C=O) groups excluding carboxylic acids is 2. The third-order valence-corrected chi connectivity index (χ3v) is 6.63. The summed E-state index contributed by atoms with van der Waals surface area (Å²) in [6.45, 7) is 0.668. The second-order valence-corrected chi connectivity index (χ2v) is 8.87. The van der Waals surface area contributed by atoms with E-state index >= 15 is 0 Å². The Bertz CT molecular complexity index is 1120. The maximum atomic E-state index is 12.4. The molecule has 0 radical (unpaired) electrons. The molecule has 162 valence electrons. The van der Waals surface area contributed by atoms with E-state index in [4.69, 9.17) is 11.6 Å². The van der Waals surface area contributed by atoms with Gasteiger partial charge >= 0.3 is 0 Å². The Labute approximate surface area is 196 Å². The van der Waals surface area contributed by atoms with E-state index in [1.165, 1.54) is 5.56 Å². The molecule has 2 amide bonds. The van der Waals surface area contributed by atoms with E-state index < -0.39 is 0 Å². The Morgan fingerprint density at radius 1 is 1.09 bits per heavy atom. The second-order valence-electron chi connectivity index (χ2n) is 7.36. The maximum Gasteiger partial charge on any atom is 0.271 e. The summed E-state index contributed by atoms with van der Waals surface area (Å²) < 4.78 is 0. The van der Waals surface area contributed by atoms with Crippen LogP contribution >= 0.6 is 23.4 Å². The summed E-state index contributed by atoms with van der Waals surface area (Å²) in [5.74, 6) is 0.318. The molecule has 3 aromatic carbocycles. The number of hydrazone groups is 1. The molecule has 4 rings (SSSR count). The zero-order valence-corrected chi connectivity index (χ0v) is 18.9. The molecule has 0 spiro atoms. The van der Waals surface area contributed by atoms with Gasteiger partial charge in [0.25, 0.3) is 5.91 Å². The van der Waals surface area contributed by atoms with Gasteiger partial charge in [0.15, 0.2) is 0 Å².